The first-order chi connectivity index (χ1) is 37.8. The van der Waals surface area contributed by atoms with Crippen LogP contribution in [0.25, 0.3) is 141 Å². The third kappa shape index (κ3) is 6.07. The Morgan fingerprint density at radius 2 is 0.701 bits per heavy atom. The van der Waals surface area contributed by atoms with E-state index in [2.05, 4.69) is 251 Å². The summed E-state index contributed by atoms with van der Waals surface area (Å²) in [6, 6.07) is 74.6. The Balaban J connectivity index is 1.28. The van der Waals surface area contributed by atoms with Crippen molar-refractivity contribution in [2.24, 2.45) is 0 Å². The van der Waals surface area contributed by atoms with Crippen LogP contribution in [0.1, 0.15) is 27.8 Å². The molecule has 6 aromatic heterocycles. The first-order valence-corrected chi connectivity index (χ1v) is 27.1. The largest absolute Gasteiger partial charge is 0.306 e. The molecule has 0 aliphatic rings. The summed E-state index contributed by atoms with van der Waals surface area (Å²) in [7, 11) is 0. The predicted octanol–water partition coefficient (Wildman–Crippen LogP) is 18.6. The minimum Gasteiger partial charge on any atom is -0.306 e. The van der Waals surface area contributed by atoms with Crippen molar-refractivity contribution < 1.29 is 0 Å². The molecule has 6 heterocycles. The van der Waals surface area contributed by atoms with Crippen molar-refractivity contribution >= 4 is 119 Å². The van der Waals surface area contributed by atoms with E-state index in [0.717, 1.165) is 153 Å². The van der Waals surface area contributed by atoms with Gasteiger partial charge < -0.3 is 18.3 Å². The maximum absolute atomic E-state index is 13.0. The summed E-state index contributed by atoms with van der Waals surface area (Å²) >= 11 is 1.77. The van der Waals surface area contributed by atoms with E-state index in [1.54, 1.807) is 11.3 Å². The van der Waals surface area contributed by atoms with Gasteiger partial charge in [0.15, 0.2) is 0 Å². The second-order valence-electron chi connectivity index (χ2n) is 20.9. The highest BCUT2D eigenvalue weighted by Crippen LogP contribution is 2.53. The van der Waals surface area contributed by atoms with Gasteiger partial charge in [-0.25, -0.2) is 0 Å². The summed E-state index contributed by atoms with van der Waals surface area (Å²) in [5.41, 5.74) is 18.9. The monoisotopic (exact) mass is 1000 g/mol. The van der Waals surface area contributed by atoms with Gasteiger partial charge in [-0.15, -0.1) is 11.3 Å². The van der Waals surface area contributed by atoms with E-state index >= 15 is 0 Å². The number of para-hydroxylation sites is 4. The molecule has 16 rings (SSSR count). The molecule has 0 amide bonds. The van der Waals surface area contributed by atoms with Crippen molar-refractivity contribution in [3.05, 3.63) is 234 Å². The summed E-state index contributed by atoms with van der Waals surface area (Å²) < 4.78 is 12.2. The molecule has 0 saturated heterocycles. The molecule has 10 aromatic carbocycles. The number of hydrogen-bond acceptors (Lipinski definition) is 3. The number of benzene rings is 10. The molecule has 0 N–H and O–H groups in total. The lowest BCUT2D eigenvalue weighted by Crippen LogP contribution is -2.16. The molecule has 7 heteroatoms. The maximum Gasteiger partial charge on any atom is 0.104 e. The molecule has 0 unspecified atom stereocenters. The molecule has 6 nitrogen and oxygen atoms in total. The van der Waals surface area contributed by atoms with Crippen LogP contribution in [-0.4, -0.2) is 23.3 Å². The van der Waals surface area contributed by atoms with Crippen LogP contribution in [0.3, 0.4) is 0 Å². The van der Waals surface area contributed by atoms with Crippen LogP contribution in [0, 0.1) is 39.0 Å². The standard InChI is InChI=1S/C70H46N6S/c1-40-21-26-49-45-13-5-9-17-56(45)73(60(49)33-40)67-55(38-71)68(74-57-18-10-6-14-46(57)50-27-22-41(2)34-61(50)74)70(76-59-20-12-8-16-48(59)52-29-24-43(4)36-63(52)76)66(44-25-30-53-54-31-32-72-39-65(54)77-64(53)37-44)69(67)75-58-19-11-7-15-47(58)51-28-23-42(3)35-62(51)75/h5-37,39H,1-4H3. The Morgan fingerprint density at radius 1 is 0.351 bits per heavy atom. The van der Waals surface area contributed by atoms with Crippen molar-refractivity contribution in [3.8, 4) is 39.9 Å². The molecule has 0 radical (unpaired) electrons. The van der Waals surface area contributed by atoms with E-state index < -0.39 is 0 Å². The second-order valence-corrected chi connectivity index (χ2v) is 22.0. The third-order valence-electron chi connectivity index (χ3n) is 16.3. The molecule has 0 aliphatic carbocycles. The number of thiophene rings is 1. The average molecular weight is 1000 g/mol. The van der Waals surface area contributed by atoms with Crippen LogP contribution in [0.4, 0.5) is 0 Å². The van der Waals surface area contributed by atoms with Gasteiger partial charge in [0.05, 0.1) is 71.6 Å². The topological polar surface area (TPSA) is 56.4 Å². The van der Waals surface area contributed by atoms with Gasteiger partial charge in [0.2, 0.25) is 0 Å². The van der Waals surface area contributed by atoms with Crippen LogP contribution in [0.15, 0.2) is 207 Å². The molecule has 0 spiro atoms. The molecule has 0 aliphatic heterocycles. The molecule has 0 saturated carbocycles. The highest BCUT2D eigenvalue weighted by Gasteiger charge is 2.35. The Labute approximate surface area is 446 Å². The summed E-state index contributed by atoms with van der Waals surface area (Å²) in [6.45, 7) is 8.71. The quantitative estimate of drug-likeness (QED) is 0.172. The van der Waals surface area contributed by atoms with Crippen LogP contribution in [-0.2, 0) is 0 Å². The van der Waals surface area contributed by atoms with E-state index in [0.29, 0.717) is 5.56 Å². The number of nitriles is 1. The number of aryl methyl sites for hydroxylation is 4. The van der Waals surface area contributed by atoms with E-state index in [4.69, 9.17) is 0 Å². The first kappa shape index (κ1) is 43.6. The summed E-state index contributed by atoms with van der Waals surface area (Å²) in [5.74, 6) is 0. The van der Waals surface area contributed by atoms with Gasteiger partial charge in [0, 0.05) is 76.5 Å². The van der Waals surface area contributed by atoms with Crippen molar-refractivity contribution in [3.63, 3.8) is 0 Å². The van der Waals surface area contributed by atoms with Gasteiger partial charge in [-0.3, -0.25) is 4.98 Å². The average Bonchev–Trinajstić information content (AvgIpc) is 4.46. The smallest absolute Gasteiger partial charge is 0.104 e. The minimum absolute atomic E-state index is 0.554. The van der Waals surface area contributed by atoms with E-state index in [1.807, 2.05) is 12.4 Å². The van der Waals surface area contributed by atoms with Gasteiger partial charge in [0.1, 0.15) is 11.6 Å². The van der Waals surface area contributed by atoms with Gasteiger partial charge in [0.25, 0.3) is 0 Å². The van der Waals surface area contributed by atoms with Crippen molar-refractivity contribution in [1.29, 1.82) is 5.26 Å². The number of hydrogen-bond donors (Lipinski definition) is 0. The highest BCUT2D eigenvalue weighted by molar-refractivity contribution is 7.25. The normalized spacial score (nSPS) is 12.1. The van der Waals surface area contributed by atoms with E-state index in [9.17, 15) is 5.26 Å². The Morgan fingerprint density at radius 3 is 1.10 bits per heavy atom. The van der Waals surface area contributed by atoms with Gasteiger partial charge >= 0.3 is 0 Å². The van der Waals surface area contributed by atoms with Gasteiger partial charge in [-0.05, 0) is 116 Å². The van der Waals surface area contributed by atoms with Crippen LogP contribution >= 0.6 is 11.3 Å². The first-order valence-electron chi connectivity index (χ1n) is 26.2. The molecule has 0 fully saturated rings. The number of aromatic nitrogens is 5. The molecule has 362 valence electrons. The Bertz CT molecular complexity index is 5030. The highest BCUT2D eigenvalue weighted by atomic mass is 32.1. The Kier molecular flexibility index (Phi) is 9.14. The fraction of sp³-hybridized carbons (Fsp3) is 0.0571. The van der Waals surface area contributed by atoms with Crippen LogP contribution in [0.5, 0.6) is 0 Å². The number of rotatable bonds is 5. The molecule has 77 heavy (non-hydrogen) atoms. The zero-order valence-electron chi connectivity index (χ0n) is 42.7. The summed E-state index contributed by atoms with van der Waals surface area (Å²) in [5, 5.41) is 24.4. The second kappa shape index (κ2) is 16.1. The number of fused-ring (bicyclic) bond motifs is 15. The fourth-order valence-electron chi connectivity index (χ4n) is 13.0. The van der Waals surface area contributed by atoms with Crippen LogP contribution in [0.2, 0.25) is 0 Å². The van der Waals surface area contributed by atoms with Crippen molar-refractivity contribution in [2.45, 2.75) is 27.7 Å². The molecule has 16 aromatic rings. The Hall–Kier alpha value is -9.74. The predicted molar refractivity (Wildman–Crippen MR) is 324 cm³/mol. The van der Waals surface area contributed by atoms with Crippen molar-refractivity contribution in [1.82, 2.24) is 23.3 Å². The SMILES string of the molecule is Cc1ccc2c3ccccc3n(-c3c(C#N)c(-n4c5ccccc5c5ccc(C)cc54)c(-n4c5ccccc5c5ccc(C)cc54)c(-c4ccc5c(c4)sc4cnccc45)c3-n3c4ccccc4c4ccc(C)cc43)c2c1. The zero-order chi connectivity index (χ0) is 51.4. The number of nitrogens with zero attached hydrogens (tertiary/aromatic N) is 6. The van der Waals surface area contributed by atoms with E-state index in [-0.39, 0.29) is 0 Å². The third-order valence-corrected chi connectivity index (χ3v) is 17.4. The van der Waals surface area contributed by atoms with Gasteiger partial charge in [-0.2, -0.15) is 5.26 Å². The summed E-state index contributed by atoms with van der Waals surface area (Å²) in [6.07, 6.45) is 3.89. The fourth-order valence-corrected chi connectivity index (χ4v) is 14.1. The maximum atomic E-state index is 13.0. The van der Waals surface area contributed by atoms with E-state index in [1.165, 1.54) is 10.8 Å². The van der Waals surface area contributed by atoms with Crippen molar-refractivity contribution in [2.75, 3.05) is 0 Å². The summed E-state index contributed by atoms with van der Waals surface area (Å²) in [4.78, 5) is 4.59. The molecular formula is C70H46N6S. The minimum atomic E-state index is 0.554. The molecule has 0 bridgehead atoms. The lowest BCUT2D eigenvalue weighted by molar-refractivity contribution is 1.03. The molecule has 0 atom stereocenters. The lowest BCUT2D eigenvalue weighted by atomic mass is 9.92. The number of pyridine rings is 1. The molecular weight excluding hydrogens is 957 g/mol. The zero-order valence-corrected chi connectivity index (χ0v) is 43.5. The van der Waals surface area contributed by atoms with Crippen LogP contribution < -0.4 is 0 Å². The lowest BCUT2D eigenvalue weighted by Gasteiger charge is -2.29. The van der Waals surface area contributed by atoms with Gasteiger partial charge in [-0.1, -0.05) is 133 Å².